The van der Waals surface area contributed by atoms with Gasteiger partial charge in [0.15, 0.2) is 10.3 Å². The summed E-state index contributed by atoms with van der Waals surface area (Å²) < 4.78 is 1.60. The van der Waals surface area contributed by atoms with Crippen LogP contribution in [0.3, 0.4) is 0 Å². The fourth-order valence-electron chi connectivity index (χ4n) is 1.69. The minimum Gasteiger partial charge on any atom is -0.310 e. The standard InChI is InChI=1S/C13H20N6OS/c1-4-5-19-12(20)17-18-13(19)21-11-15-7-10(8-16-11)6-14-9(2)3/h7-9,14H,4-6H2,1-3H3,(H,17,20). The lowest BCUT2D eigenvalue weighted by molar-refractivity contribution is 0.585. The molecule has 0 aliphatic heterocycles. The SMILES string of the molecule is CCCn1c(Sc2ncc(CNC(C)C)cn2)n[nH]c1=O. The molecule has 7 nitrogen and oxygen atoms in total. The molecule has 2 rings (SSSR count). The lowest BCUT2D eigenvalue weighted by atomic mass is 10.3. The third kappa shape index (κ3) is 4.40. The second-order valence-corrected chi connectivity index (χ2v) is 5.91. The Labute approximate surface area is 127 Å². The van der Waals surface area contributed by atoms with Gasteiger partial charge < -0.3 is 5.32 Å². The van der Waals surface area contributed by atoms with Crippen LogP contribution in [0.25, 0.3) is 0 Å². The van der Waals surface area contributed by atoms with E-state index in [9.17, 15) is 4.79 Å². The van der Waals surface area contributed by atoms with E-state index in [0.717, 1.165) is 18.5 Å². The number of H-pyrrole nitrogens is 1. The molecule has 8 heteroatoms. The van der Waals surface area contributed by atoms with Gasteiger partial charge in [0.1, 0.15) is 0 Å². The fraction of sp³-hybridized carbons (Fsp3) is 0.538. The van der Waals surface area contributed by atoms with Gasteiger partial charge in [-0.2, -0.15) is 0 Å². The molecule has 2 N–H and O–H groups in total. The maximum atomic E-state index is 11.6. The summed E-state index contributed by atoms with van der Waals surface area (Å²) in [5, 5.41) is 11.0. The van der Waals surface area contributed by atoms with Crippen LogP contribution < -0.4 is 11.0 Å². The van der Waals surface area contributed by atoms with Crippen LogP contribution in [0.15, 0.2) is 27.5 Å². The summed E-state index contributed by atoms with van der Waals surface area (Å²) in [5.41, 5.74) is 0.832. The van der Waals surface area contributed by atoms with Gasteiger partial charge >= 0.3 is 5.69 Å². The first-order valence-electron chi connectivity index (χ1n) is 6.97. The van der Waals surface area contributed by atoms with Gasteiger partial charge in [0, 0.05) is 37.1 Å². The largest absolute Gasteiger partial charge is 0.343 e. The Morgan fingerprint density at radius 3 is 2.71 bits per heavy atom. The van der Waals surface area contributed by atoms with Gasteiger partial charge in [-0.3, -0.25) is 4.57 Å². The number of nitrogens with one attached hydrogen (secondary N) is 2. The zero-order valence-corrected chi connectivity index (χ0v) is 13.3. The zero-order chi connectivity index (χ0) is 15.2. The molecular formula is C13H20N6OS. The van der Waals surface area contributed by atoms with Crippen LogP contribution in [0.2, 0.25) is 0 Å². The predicted octanol–water partition coefficient (Wildman–Crippen LogP) is 1.42. The van der Waals surface area contributed by atoms with Crippen LogP contribution in [0.1, 0.15) is 32.8 Å². The van der Waals surface area contributed by atoms with Crippen LogP contribution in [0, 0.1) is 0 Å². The first kappa shape index (κ1) is 15.7. The number of nitrogens with zero attached hydrogens (tertiary/aromatic N) is 4. The van der Waals surface area contributed by atoms with Crippen molar-refractivity contribution in [1.82, 2.24) is 30.0 Å². The van der Waals surface area contributed by atoms with Crippen LogP contribution in [0.4, 0.5) is 0 Å². The second-order valence-electron chi connectivity index (χ2n) is 4.97. The Hall–Kier alpha value is -1.67. The molecule has 2 heterocycles. The lowest BCUT2D eigenvalue weighted by Crippen LogP contribution is -2.22. The van der Waals surface area contributed by atoms with E-state index < -0.39 is 0 Å². The van der Waals surface area contributed by atoms with Gasteiger partial charge in [0.2, 0.25) is 0 Å². The third-order valence-corrected chi connectivity index (χ3v) is 3.64. The number of aromatic amines is 1. The van der Waals surface area contributed by atoms with E-state index in [-0.39, 0.29) is 5.69 Å². The molecule has 0 radical (unpaired) electrons. The van der Waals surface area contributed by atoms with Gasteiger partial charge in [-0.1, -0.05) is 20.8 Å². The molecule has 114 valence electrons. The number of hydrogen-bond acceptors (Lipinski definition) is 6. The summed E-state index contributed by atoms with van der Waals surface area (Å²) in [7, 11) is 0. The summed E-state index contributed by atoms with van der Waals surface area (Å²) in [6.45, 7) is 7.58. The molecule has 0 aliphatic carbocycles. The van der Waals surface area contributed by atoms with Crippen molar-refractivity contribution in [3.8, 4) is 0 Å². The molecule has 2 aromatic heterocycles. The molecule has 0 saturated carbocycles. The van der Waals surface area contributed by atoms with Crippen molar-refractivity contribution in [3.63, 3.8) is 0 Å². The normalized spacial score (nSPS) is 11.2. The highest BCUT2D eigenvalue weighted by Crippen LogP contribution is 2.20. The Kier molecular flexibility index (Phi) is 5.51. The smallest absolute Gasteiger partial charge is 0.310 e. The van der Waals surface area contributed by atoms with Crippen LogP contribution in [0.5, 0.6) is 0 Å². The zero-order valence-electron chi connectivity index (χ0n) is 12.5. The summed E-state index contributed by atoms with van der Waals surface area (Å²) in [6.07, 6.45) is 4.45. The van der Waals surface area contributed by atoms with E-state index in [2.05, 4.69) is 39.3 Å². The highest BCUT2D eigenvalue weighted by Gasteiger charge is 2.10. The molecule has 21 heavy (non-hydrogen) atoms. The predicted molar refractivity (Wildman–Crippen MR) is 81.3 cm³/mol. The molecule has 0 aromatic carbocycles. The Balaban J connectivity index is 2.05. The molecule has 0 spiro atoms. The monoisotopic (exact) mass is 308 g/mol. The minimum atomic E-state index is -0.197. The molecule has 0 bridgehead atoms. The van der Waals surface area contributed by atoms with Crippen LogP contribution in [-0.4, -0.2) is 30.8 Å². The van der Waals surface area contributed by atoms with Crippen LogP contribution in [-0.2, 0) is 13.1 Å². The van der Waals surface area contributed by atoms with E-state index in [1.807, 2.05) is 6.92 Å². The summed E-state index contributed by atoms with van der Waals surface area (Å²) in [4.78, 5) is 20.2. The maximum Gasteiger partial charge on any atom is 0.343 e. The van der Waals surface area contributed by atoms with Crippen molar-refractivity contribution < 1.29 is 0 Å². The van der Waals surface area contributed by atoms with Crippen molar-refractivity contribution in [2.45, 2.75) is 56.6 Å². The van der Waals surface area contributed by atoms with Gasteiger partial charge in [0.25, 0.3) is 0 Å². The summed E-state index contributed by atoms with van der Waals surface area (Å²) in [5.74, 6) is 0. The van der Waals surface area contributed by atoms with Gasteiger partial charge in [0.05, 0.1) is 0 Å². The summed E-state index contributed by atoms with van der Waals surface area (Å²) >= 11 is 1.29. The molecule has 0 amide bonds. The Morgan fingerprint density at radius 2 is 2.10 bits per heavy atom. The maximum absolute atomic E-state index is 11.6. The molecule has 0 atom stereocenters. The van der Waals surface area contributed by atoms with E-state index in [4.69, 9.17) is 0 Å². The first-order valence-corrected chi connectivity index (χ1v) is 7.79. The molecule has 2 aromatic rings. The fourth-order valence-corrected chi connectivity index (χ4v) is 2.44. The average Bonchev–Trinajstić information content (AvgIpc) is 2.80. The summed E-state index contributed by atoms with van der Waals surface area (Å²) in [6, 6.07) is 0.423. The van der Waals surface area contributed by atoms with Gasteiger partial charge in [-0.25, -0.2) is 19.9 Å². The highest BCUT2D eigenvalue weighted by molar-refractivity contribution is 7.99. The van der Waals surface area contributed by atoms with Crippen molar-refractivity contribution in [3.05, 3.63) is 28.4 Å². The lowest BCUT2D eigenvalue weighted by Gasteiger charge is -2.07. The minimum absolute atomic E-state index is 0.197. The third-order valence-electron chi connectivity index (χ3n) is 2.75. The molecular weight excluding hydrogens is 288 g/mol. The Morgan fingerprint density at radius 1 is 1.38 bits per heavy atom. The number of hydrogen-bond donors (Lipinski definition) is 2. The number of aromatic nitrogens is 5. The quantitative estimate of drug-likeness (QED) is 0.752. The van der Waals surface area contributed by atoms with E-state index in [1.165, 1.54) is 11.8 Å². The topological polar surface area (TPSA) is 88.5 Å². The molecule has 0 fully saturated rings. The Bertz CT molecular complexity index is 618. The van der Waals surface area contributed by atoms with Crippen molar-refractivity contribution in [2.75, 3.05) is 0 Å². The van der Waals surface area contributed by atoms with Gasteiger partial charge in [-0.05, 0) is 18.2 Å². The molecule has 0 unspecified atom stereocenters. The molecule has 0 saturated heterocycles. The van der Waals surface area contributed by atoms with Crippen molar-refractivity contribution >= 4 is 11.8 Å². The number of rotatable bonds is 7. The van der Waals surface area contributed by atoms with E-state index >= 15 is 0 Å². The van der Waals surface area contributed by atoms with E-state index in [0.29, 0.717) is 22.9 Å². The van der Waals surface area contributed by atoms with Gasteiger partial charge in [-0.15, -0.1) is 5.10 Å². The molecule has 0 aliphatic rings. The van der Waals surface area contributed by atoms with Crippen LogP contribution >= 0.6 is 11.8 Å². The first-order chi connectivity index (χ1) is 10.1. The van der Waals surface area contributed by atoms with E-state index in [1.54, 1.807) is 17.0 Å². The average molecular weight is 308 g/mol. The second kappa shape index (κ2) is 7.37. The van der Waals surface area contributed by atoms with Crippen molar-refractivity contribution in [1.29, 1.82) is 0 Å². The highest BCUT2D eigenvalue weighted by atomic mass is 32.2. The van der Waals surface area contributed by atoms with Crippen molar-refractivity contribution in [2.24, 2.45) is 0 Å².